The Balaban J connectivity index is 2.19. The first kappa shape index (κ1) is 13.1. The van der Waals surface area contributed by atoms with E-state index in [-0.39, 0.29) is 28.5 Å². The molecule has 0 aromatic carbocycles. The van der Waals surface area contributed by atoms with Crippen molar-refractivity contribution >= 4 is 35.0 Å². The molecule has 0 aliphatic carbocycles. The highest BCUT2D eigenvalue weighted by atomic mass is 35.5. The van der Waals surface area contributed by atoms with Gasteiger partial charge in [0.05, 0.1) is 17.1 Å². The summed E-state index contributed by atoms with van der Waals surface area (Å²) in [6, 6.07) is 1.46. The quantitative estimate of drug-likeness (QED) is 0.793. The van der Waals surface area contributed by atoms with E-state index in [4.69, 9.17) is 23.2 Å². The molecule has 7 heteroatoms. The van der Waals surface area contributed by atoms with Gasteiger partial charge < -0.3 is 10.2 Å². The minimum atomic E-state index is -0.266. The highest BCUT2D eigenvalue weighted by Gasteiger charge is 2.21. The van der Waals surface area contributed by atoms with Crippen LogP contribution in [0.3, 0.4) is 0 Å². The molecule has 1 fully saturated rings. The van der Waals surface area contributed by atoms with Gasteiger partial charge in [-0.3, -0.25) is 9.59 Å². The van der Waals surface area contributed by atoms with Crippen molar-refractivity contribution in [3.63, 3.8) is 0 Å². The molecule has 1 aromatic heterocycles. The number of carbonyl (C=O) groups is 2. The number of rotatable bonds is 1. The Kier molecular flexibility index (Phi) is 4.04. The maximum absolute atomic E-state index is 12.2. The van der Waals surface area contributed by atoms with E-state index in [0.717, 1.165) is 6.42 Å². The Morgan fingerprint density at radius 1 is 1.44 bits per heavy atom. The van der Waals surface area contributed by atoms with Crippen molar-refractivity contribution in [3.05, 3.63) is 28.0 Å². The van der Waals surface area contributed by atoms with Gasteiger partial charge in [-0.15, -0.1) is 0 Å². The zero-order valence-electron chi connectivity index (χ0n) is 9.45. The van der Waals surface area contributed by atoms with Crippen molar-refractivity contribution in [2.24, 2.45) is 0 Å². The lowest BCUT2D eigenvalue weighted by Crippen LogP contribution is -2.37. The SMILES string of the molecule is O=C1CN(C(=O)c2cnc(Cl)c(Cl)c2)CCCN1. The van der Waals surface area contributed by atoms with Crippen molar-refractivity contribution in [2.45, 2.75) is 6.42 Å². The average molecular weight is 288 g/mol. The summed E-state index contributed by atoms with van der Waals surface area (Å²) in [5.41, 5.74) is 0.333. The van der Waals surface area contributed by atoms with Crippen LogP contribution in [0, 0.1) is 0 Å². The molecule has 96 valence electrons. The topological polar surface area (TPSA) is 62.3 Å². The van der Waals surface area contributed by atoms with Crippen molar-refractivity contribution < 1.29 is 9.59 Å². The van der Waals surface area contributed by atoms with Gasteiger partial charge in [0.15, 0.2) is 0 Å². The second-order valence-corrected chi connectivity index (χ2v) is 4.69. The summed E-state index contributed by atoms with van der Waals surface area (Å²) in [5, 5.41) is 3.08. The molecule has 2 rings (SSSR count). The molecule has 1 aromatic rings. The van der Waals surface area contributed by atoms with Crippen LogP contribution in [0.4, 0.5) is 0 Å². The molecule has 0 radical (unpaired) electrons. The van der Waals surface area contributed by atoms with Gasteiger partial charge in [0, 0.05) is 19.3 Å². The number of halogens is 2. The van der Waals surface area contributed by atoms with Gasteiger partial charge >= 0.3 is 0 Å². The van der Waals surface area contributed by atoms with Gasteiger partial charge in [-0.05, 0) is 12.5 Å². The third-order valence-corrected chi connectivity index (χ3v) is 3.28. The van der Waals surface area contributed by atoms with Crippen LogP contribution in [0.15, 0.2) is 12.3 Å². The van der Waals surface area contributed by atoms with E-state index in [1.807, 2.05) is 0 Å². The van der Waals surface area contributed by atoms with Crippen LogP contribution >= 0.6 is 23.2 Å². The molecule has 0 atom stereocenters. The molecule has 0 spiro atoms. The molecular weight excluding hydrogens is 277 g/mol. The third kappa shape index (κ3) is 2.91. The van der Waals surface area contributed by atoms with Gasteiger partial charge in [0.2, 0.25) is 5.91 Å². The van der Waals surface area contributed by atoms with Crippen LogP contribution in [0.5, 0.6) is 0 Å². The Morgan fingerprint density at radius 2 is 2.22 bits per heavy atom. The molecule has 0 saturated carbocycles. The number of hydrogen-bond acceptors (Lipinski definition) is 3. The second kappa shape index (κ2) is 5.54. The molecular formula is C11H11Cl2N3O2. The summed E-state index contributed by atoms with van der Waals surface area (Å²) in [7, 11) is 0. The Labute approximate surface area is 114 Å². The number of nitrogens with one attached hydrogen (secondary N) is 1. The van der Waals surface area contributed by atoms with Gasteiger partial charge in [0.25, 0.3) is 5.91 Å². The summed E-state index contributed by atoms with van der Waals surface area (Å²) in [5.74, 6) is -0.424. The largest absolute Gasteiger partial charge is 0.354 e. The fourth-order valence-corrected chi connectivity index (χ4v) is 1.97. The van der Waals surface area contributed by atoms with E-state index in [1.54, 1.807) is 0 Å². The minimum absolute atomic E-state index is 0.0546. The Morgan fingerprint density at radius 3 is 2.94 bits per heavy atom. The Bertz CT molecular complexity index is 493. The van der Waals surface area contributed by atoms with E-state index in [2.05, 4.69) is 10.3 Å². The Hall–Kier alpha value is -1.33. The lowest BCUT2D eigenvalue weighted by Gasteiger charge is -2.18. The molecule has 0 unspecified atom stereocenters. The predicted octanol–water partition coefficient (Wildman–Crippen LogP) is 1.35. The van der Waals surface area contributed by atoms with Gasteiger partial charge in [-0.1, -0.05) is 23.2 Å². The molecule has 1 aliphatic rings. The van der Waals surface area contributed by atoms with Crippen LogP contribution in [-0.4, -0.2) is 41.3 Å². The maximum Gasteiger partial charge on any atom is 0.255 e. The van der Waals surface area contributed by atoms with Crippen LogP contribution in [0.2, 0.25) is 10.2 Å². The van der Waals surface area contributed by atoms with E-state index in [9.17, 15) is 9.59 Å². The zero-order chi connectivity index (χ0) is 13.1. The number of hydrogen-bond donors (Lipinski definition) is 1. The molecule has 2 heterocycles. The highest BCUT2D eigenvalue weighted by molar-refractivity contribution is 6.41. The fraction of sp³-hybridized carbons (Fsp3) is 0.364. The van der Waals surface area contributed by atoms with Crippen molar-refractivity contribution in [1.82, 2.24) is 15.2 Å². The molecule has 0 bridgehead atoms. The molecule has 5 nitrogen and oxygen atoms in total. The van der Waals surface area contributed by atoms with E-state index < -0.39 is 0 Å². The summed E-state index contributed by atoms with van der Waals surface area (Å²) in [6.07, 6.45) is 2.09. The number of aromatic nitrogens is 1. The van der Waals surface area contributed by atoms with Gasteiger partial charge in [-0.2, -0.15) is 0 Å². The lowest BCUT2D eigenvalue weighted by atomic mass is 10.2. The van der Waals surface area contributed by atoms with E-state index in [1.165, 1.54) is 17.2 Å². The zero-order valence-corrected chi connectivity index (χ0v) is 11.0. The highest BCUT2D eigenvalue weighted by Crippen LogP contribution is 2.20. The van der Waals surface area contributed by atoms with Crippen LogP contribution in [-0.2, 0) is 4.79 Å². The number of amides is 2. The first-order chi connectivity index (χ1) is 8.58. The summed E-state index contributed by atoms with van der Waals surface area (Å²) in [4.78, 5) is 28.8. The normalized spacial score (nSPS) is 16.1. The first-order valence-electron chi connectivity index (χ1n) is 5.45. The molecule has 2 amide bonds. The standard InChI is InChI=1S/C11H11Cl2N3O2/c12-8-4-7(5-15-10(8)13)11(18)16-3-1-2-14-9(17)6-16/h4-5H,1-3,6H2,(H,14,17). The molecule has 18 heavy (non-hydrogen) atoms. The lowest BCUT2D eigenvalue weighted by molar-refractivity contribution is -0.121. The monoisotopic (exact) mass is 287 g/mol. The van der Waals surface area contributed by atoms with Crippen molar-refractivity contribution in [2.75, 3.05) is 19.6 Å². The summed E-state index contributed by atoms with van der Waals surface area (Å²) in [6.45, 7) is 1.17. The van der Waals surface area contributed by atoms with Crippen molar-refractivity contribution in [3.8, 4) is 0 Å². The third-order valence-electron chi connectivity index (χ3n) is 2.59. The smallest absolute Gasteiger partial charge is 0.255 e. The molecule has 1 N–H and O–H groups in total. The van der Waals surface area contributed by atoms with Gasteiger partial charge in [-0.25, -0.2) is 4.98 Å². The predicted molar refractivity (Wildman–Crippen MR) is 67.8 cm³/mol. The number of nitrogens with zero attached hydrogens (tertiary/aromatic N) is 2. The summed E-state index contributed by atoms with van der Waals surface area (Å²) >= 11 is 11.5. The maximum atomic E-state index is 12.2. The number of pyridine rings is 1. The minimum Gasteiger partial charge on any atom is -0.354 e. The van der Waals surface area contributed by atoms with E-state index in [0.29, 0.717) is 18.7 Å². The molecule has 1 aliphatic heterocycles. The van der Waals surface area contributed by atoms with Crippen molar-refractivity contribution in [1.29, 1.82) is 0 Å². The number of carbonyl (C=O) groups excluding carboxylic acids is 2. The first-order valence-corrected chi connectivity index (χ1v) is 6.20. The second-order valence-electron chi connectivity index (χ2n) is 3.93. The molecule has 1 saturated heterocycles. The fourth-order valence-electron chi connectivity index (χ4n) is 1.70. The van der Waals surface area contributed by atoms with E-state index >= 15 is 0 Å². The van der Waals surface area contributed by atoms with Gasteiger partial charge in [0.1, 0.15) is 5.15 Å². The van der Waals surface area contributed by atoms with Crippen LogP contribution < -0.4 is 5.32 Å². The average Bonchev–Trinajstić information content (AvgIpc) is 2.56. The summed E-state index contributed by atoms with van der Waals surface area (Å²) < 4.78 is 0. The van der Waals surface area contributed by atoms with Crippen LogP contribution in [0.1, 0.15) is 16.8 Å². The van der Waals surface area contributed by atoms with Crippen LogP contribution in [0.25, 0.3) is 0 Å².